The Bertz CT molecular complexity index is 518. The van der Waals surface area contributed by atoms with E-state index >= 15 is 0 Å². The van der Waals surface area contributed by atoms with Crippen LogP contribution in [0.5, 0.6) is 5.75 Å². The van der Waals surface area contributed by atoms with E-state index in [0.717, 1.165) is 6.26 Å². The number of nitrogens with one attached hydrogen (secondary N) is 2. The fourth-order valence-electron chi connectivity index (χ4n) is 1.38. The van der Waals surface area contributed by atoms with Crippen LogP contribution in [-0.2, 0) is 10.0 Å². The van der Waals surface area contributed by atoms with Crippen molar-refractivity contribution in [3.63, 3.8) is 0 Å². The molecule has 1 atom stereocenters. The molecule has 1 rings (SSSR count). The standard InChI is InChI=1S/C11H18N2O5S/c1-18-9-3-4-10(13-19(2,16)17)11(5-9)12-6-8(15)7-14/h3-5,8,12-15H,6-7H2,1-2H3. The Labute approximate surface area is 112 Å². The van der Waals surface area contributed by atoms with Crippen molar-refractivity contribution in [2.45, 2.75) is 6.10 Å². The Morgan fingerprint density at radius 1 is 1.37 bits per heavy atom. The molecule has 19 heavy (non-hydrogen) atoms. The number of anilines is 2. The molecule has 0 heterocycles. The highest BCUT2D eigenvalue weighted by Gasteiger charge is 2.10. The number of rotatable bonds is 7. The van der Waals surface area contributed by atoms with Gasteiger partial charge >= 0.3 is 0 Å². The minimum atomic E-state index is -3.41. The van der Waals surface area contributed by atoms with Crippen LogP contribution in [0.3, 0.4) is 0 Å². The number of sulfonamides is 1. The quantitative estimate of drug-likeness (QED) is 0.555. The van der Waals surface area contributed by atoms with E-state index in [1.54, 1.807) is 18.2 Å². The lowest BCUT2D eigenvalue weighted by Gasteiger charge is -2.15. The van der Waals surface area contributed by atoms with Crippen LogP contribution in [-0.4, -0.2) is 51.3 Å². The maximum absolute atomic E-state index is 11.2. The van der Waals surface area contributed by atoms with E-state index in [-0.39, 0.29) is 13.2 Å². The highest BCUT2D eigenvalue weighted by atomic mass is 32.2. The molecule has 0 fully saturated rings. The summed E-state index contributed by atoms with van der Waals surface area (Å²) in [4.78, 5) is 0. The highest BCUT2D eigenvalue weighted by molar-refractivity contribution is 7.92. The molecular formula is C11H18N2O5S. The molecule has 0 amide bonds. The number of methoxy groups -OCH3 is 1. The third-order valence-electron chi connectivity index (χ3n) is 2.26. The van der Waals surface area contributed by atoms with Crippen molar-refractivity contribution in [1.82, 2.24) is 0 Å². The molecule has 0 aliphatic rings. The molecule has 108 valence electrons. The summed E-state index contributed by atoms with van der Waals surface area (Å²) in [6.07, 6.45) is 0.112. The lowest BCUT2D eigenvalue weighted by Crippen LogP contribution is -2.23. The summed E-state index contributed by atoms with van der Waals surface area (Å²) in [7, 11) is -1.91. The first-order valence-electron chi connectivity index (χ1n) is 5.54. The number of ether oxygens (including phenoxy) is 1. The number of aliphatic hydroxyl groups is 2. The van der Waals surface area contributed by atoms with E-state index in [1.165, 1.54) is 7.11 Å². The molecule has 0 bridgehead atoms. The number of hydrogen-bond acceptors (Lipinski definition) is 6. The summed E-state index contributed by atoms with van der Waals surface area (Å²) >= 11 is 0. The molecule has 1 unspecified atom stereocenters. The Balaban J connectivity index is 2.95. The van der Waals surface area contributed by atoms with Crippen LogP contribution in [0, 0.1) is 0 Å². The Morgan fingerprint density at radius 3 is 2.58 bits per heavy atom. The molecule has 0 aromatic heterocycles. The Kier molecular flexibility index (Phi) is 5.40. The fourth-order valence-corrected chi connectivity index (χ4v) is 1.96. The van der Waals surface area contributed by atoms with E-state index in [0.29, 0.717) is 17.1 Å². The van der Waals surface area contributed by atoms with E-state index in [4.69, 9.17) is 9.84 Å². The second-order valence-corrected chi connectivity index (χ2v) is 5.75. The third kappa shape index (κ3) is 5.33. The molecule has 0 aliphatic heterocycles. The zero-order chi connectivity index (χ0) is 14.5. The van der Waals surface area contributed by atoms with Crippen molar-refractivity contribution in [1.29, 1.82) is 0 Å². The highest BCUT2D eigenvalue weighted by Crippen LogP contribution is 2.27. The van der Waals surface area contributed by atoms with Gasteiger partial charge in [-0.2, -0.15) is 0 Å². The zero-order valence-corrected chi connectivity index (χ0v) is 11.6. The van der Waals surface area contributed by atoms with Crippen LogP contribution < -0.4 is 14.8 Å². The van der Waals surface area contributed by atoms with Crippen molar-refractivity contribution < 1.29 is 23.4 Å². The maximum Gasteiger partial charge on any atom is 0.229 e. The van der Waals surface area contributed by atoms with Gasteiger partial charge in [-0.05, 0) is 12.1 Å². The summed E-state index contributed by atoms with van der Waals surface area (Å²) in [5.41, 5.74) is 0.797. The summed E-state index contributed by atoms with van der Waals surface area (Å²) in [5.74, 6) is 0.542. The van der Waals surface area contributed by atoms with Crippen molar-refractivity contribution in [2.24, 2.45) is 0 Å². The van der Waals surface area contributed by atoms with Crippen LogP contribution in [0.15, 0.2) is 18.2 Å². The van der Waals surface area contributed by atoms with Gasteiger partial charge in [-0.25, -0.2) is 8.42 Å². The van der Waals surface area contributed by atoms with E-state index < -0.39 is 16.1 Å². The molecular weight excluding hydrogens is 272 g/mol. The summed E-state index contributed by atoms with van der Waals surface area (Å²) in [6, 6.07) is 4.76. The third-order valence-corrected chi connectivity index (χ3v) is 2.85. The first kappa shape index (κ1) is 15.5. The van der Waals surface area contributed by atoms with Gasteiger partial charge in [0, 0.05) is 12.6 Å². The first-order chi connectivity index (χ1) is 8.85. The molecule has 1 aromatic rings. The summed E-state index contributed by atoms with van der Waals surface area (Å²) in [5, 5.41) is 20.9. The summed E-state index contributed by atoms with van der Waals surface area (Å²) in [6.45, 7) is -0.298. The second-order valence-electron chi connectivity index (χ2n) is 4.00. The second kappa shape index (κ2) is 6.60. The molecule has 1 aromatic carbocycles. The number of aliphatic hydroxyl groups excluding tert-OH is 2. The number of benzene rings is 1. The van der Waals surface area contributed by atoms with Crippen molar-refractivity contribution in [3.05, 3.63) is 18.2 Å². The topological polar surface area (TPSA) is 108 Å². The molecule has 4 N–H and O–H groups in total. The smallest absolute Gasteiger partial charge is 0.229 e. The lowest BCUT2D eigenvalue weighted by atomic mass is 10.2. The maximum atomic E-state index is 11.2. The molecule has 8 heteroatoms. The van der Waals surface area contributed by atoms with E-state index in [2.05, 4.69) is 10.0 Å². The summed E-state index contributed by atoms with van der Waals surface area (Å²) < 4.78 is 29.9. The van der Waals surface area contributed by atoms with Crippen molar-refractivity contribution >= 4 is 21.4 Å². The molecule has 0 aliphatic carbocycles. The normalized spacial score (nSPS) is 12.8. The van der Waals surface area contributed by atoms with Gasteiger partial charge in [0.2, 0.25) is 10.0 Å². The van der Waals surface area contributed by atoms with Crippen LogP contribution in [0.4, 0.5) is 11.4 Å². The van der Waals surface area contributed by atoms with Gasteiger partial charge in [-0.3, -0.25) is 4.72 Å². The molecule has 0 saturated carbocycles. The van der Waals surface area contributed by atoms with Gasteiger partial charge in [0.05, 0.1) is 37.5 Å². The van der Waals surface area contributed by atoms with Gasteiger partial charge in [-0.15, -0.1) is 0 Å². The predicted octanol–water partition coefficient (Wildman–Crippen LogP) is -0.168. The molecule has 7 nitrogen and oxygen atoms in total. The van der Waals surface area contributed by atoms with Crippen LogP contribution in [0.25, 0.3) is 0 Å². The lowest BCUT2D eigenvalue weighted by molar-refractivity contribution is 0.105. The van der Waals surface area contributed by atoms with E-state index in [9.17, 15) is 13.5 Å². The van der Waals surface area contributed by atoms with Gasteiger partial charge in [0.25, 0.3) is 0 Å². The van der Waals surface area contributed by atoms with Gasteiger partial charge in [0.15, 0.2) is 0 Å². The van der Waals surface area contributed by atoms with Crippen LogP contribution in [0.2, 0.25) is 0 Å². The van der Waals surface area contributed by atoms with Gasteiger partial charge < -0.3 is 20.3 Å². The van der Waals surface area contributed by atoms with Gasteiger partial charge in [0.1, 0.15) is 5.75 Å². The SMILES string of the molecule is COc1ccc(NS(C)(=O)=O)c(NCC(O)CO)c1. The van der Waals surface area contributed by atoms with Crippen molar-refractivity contribution in [2.75, 3.05) is 36.6 Å². The number of hydrogen-bond donors (Lipinski definition) is 4. The fraction of sp³-hybridized carbons (Fsp3) is 0.455. The monoisotopic (exact) mass is 290 g/mol. The zero-order valence-electron chi connectivity index (χ0n) is 10.8. The molecule has 0 saturated heterocycles. The van der Waals surface area contributed by atoms with Crippen molar-refractivity contribution in [3.8, 4) is 5.75 Å². The molecule has 0 spiro atoms. The average molecular weight is 290 g/mol. The predicted molar refractivity (Wildman–Crippen MR) is 73.0 cm³/mol. The van der Waals surface area contributed by atoms with Crippen LogP contribution >= 0.6 is 0 Å². The Hall–Kier alpha value is -1.51. The van der Waals surface area contributed by atoms with Crippen LogP contribution in [0.1, 0.15) is 0 Å². The average Bonchev–Trinajstić information content (AvgIpc) is 2.35. The Morgan fingerprint density at radius 2 is 2.05 bits per heavy atom. The molecule has 0 radical (unpaired) electrons. The van der Waals surface area contributed by atoms with Gasteiger partial charge in [-0.1, -0.05) is 0 Å². The first-order valence-corrected chi connectivity index (χ1v) is 7.43. The minimum Gasteiger partial charge on any atom is -0.497 e. The largest absolute Gasteiger partial charge is 0.497 e. The van der Waals surface area contributed by atoms with E-state index in [1.807, 2.05) is 0 Å². The minimum absolute atomic E-state index is 0.0854.